The van der Waals surface area contributed by atoms with Gasteiger partial charge in [-0.1, -0.05) is 13.8 Å². The van der Waals surface area contributed by atoms with Gasteiger partial charge in [-0.15, -0.1) is 0 Å². The zero-order valence-electron chi connectivity index (χ0n) is 10.5. The van der Waals surface area contributed by atoms with Crippen LogP contribution in [-0.4, -0.2) is 36.1 Å². The summed E-state index contributed by atoms with van der Waals surface area (Å²) in [7, 11) is 0. The highest BCUT2D eigenvalue weighted by Gasteiger charge is 2.22. The lowest BCUT2D eigenvalue weighted by Crippen LogP contribution is -2.36. The van der Waals surface area contributed by atoms with E-state index in [2.05, 4.69) is 10.6 Å². The standard InChI is InChI=1S/C12H22N2O3/c1-8(2)10(12(16)17)7-14-11(15)5-6-13-9-3-4-9/h8-10,13H,3-7H2,1-2H3,(H,14,15)(H,16,17). The van der Waals surface area contributed by atoms with Crippen molar-refractivity contribution in [3.63, 3.8) is 0 Å². The molecule has 1 aliphatic carbocycles. The summed E-state index contributed by atoms with van der Waals surface area (Å²) in [6.45, 7) is 4.59. The fraction of sp³-hybridized carbons (Fsp3) is 0.833. The SMILES string of the molecule is CC(C)C(CNC(=O)CCNC1CC1)C(=O)O. The molecule has 0 aliphatic heterocycles. The maximum atomic E-state index is 11.5. The molecule has 17 heavy (non-hydrogen) atoms. The van der Waals surface area contributed by atoms with Gasteiger partial charge in [-0.25, -0.2) is 0 Å². The highest BCUT2D eigenvalue weighted by molar-refractivity contribution is 5.77. The second-order valence-electron chi connectivity index (χ2n) is 4.97. The molecule has 3 N–H and O–H groups in total. The van der Waals surface area contributed by atoms with Crippen molar-refractivity contribution in [2.45, 2.75) is 39.2 Å². The first-order valence-corrected chi connectivity index (χ1v) is 6.23. The van der Waals surface area contributed by atoms with Crippen molar-refractivity contribution in [2.75, 3.05) is 13.1 Å². The fourth-order valence-corrected chi connectivity index (χ4v) is 1.60. The molecule has 98 valence electrons. The van der Waals surface area contributed by atoms with Crippen molar-refractivity contribution in [3.05, 3.63) is 0 Å². The van der Waals surface area contributed by atoms with Crippen molar-refractivity contribution < 1.29 is 14.7 Å². The molecule has 1 atom stereocenters. The van der Waals surface area contributed by atoms with Gasteiger partial charge in [-0.3, -0.25) is 9.59 Å². The summed E-state index contributed by atoms with van der Waals surface area (Å²) < 4.78 is 0. The van der Waals surface area contributed by atoms with E-state index in [1.165, 1.54) is 12.8 Å². The Hall–Kier alpha value is -1.10. The van der Waals surface area contributed by atoms with Gasteiger partial charge in [-0.05, 0) is 18.8 Å². The van der Waals surface area contributed by atoms with E-state index in [0.29, 0.717) is 19.0 Å². The normalized spacial score (nSPS) is 16.9. The molecule has 0 heterocycles. The molecule has 1 amide bonds. The van der Waals surface area contributed by atoms with Crippen molar-refractivity contribution in [1.29, 1.82) is 0 Å². The van der Waals surface area contributed by atoms with Crippen molar-refractivity contribution >= 4 is 11.9 Å². The molecule has 1 unspecified atom stereocenters. The van der Waals surface area contributed by atoms with Gasteiger partial charge in [0.15, 0.2) is 0 Å². The third-order valence-electron chi connectivity index (χ3n) is 3.00. The molecule has 1 aliphatic rings. The maximum Gasteiger partial charge on any atom is 0.308 e. The Morgan fingerprint density at radius 1 is 1.35 bits per heavy atom. The number of carboxylic acids is 1. The molecule has 0 aromatic carbocycles. The summed E-state index contributed by atoms with van der Waals surface area (Å²) >= 11 is 0. The lowest BCUT2D eigenvalue weighted by atomic mass is 9.96. The molecular weight excluding hydrogens is 220 g/mol. The van der Waals surface area contributed by atoms with Gasteiger partial charge in [0.05, 0.1) is 5.92 Å². The Balaban J connectivity index is 2.13. The van der Waals surface area contributed by atoms with Crippen LogP contribution in [0.5, 0.6) is 0 Å². The smallest absolute Gasteiger partial charge is 0.308 e. The molecule has 0 spiro atoms. The predicted molar refractivity (Wildman–Crippen MR) is 64.6 cm³/mol. The third kappa shape index (κ3) is 5.68. The quantitative estimate of drug-likeness (QED) is 0.582. The van der Waals surface area contributed by atoms with Gasteiger partial charge in [-0.2, -0.15) is 0 Å². The molecular formula is C12H22N2O3. The number of nitrogens with one attached hydrogen (secondary N) is 2. The van der Waals surface area contributed by atoms with Gasteiger partial charge in [0.1, 0.15) is 0 Å². The van der Waals surface area contributed by atoms with E-state index >= 15 is 0 Å². The number of amides is 1. The number of carbonyl (C=O) groups excluding carboxylic acids is 1. The Kier molecular flexibility index (Phi) is 5.41. The first-order valence-electron chi connectivity index (χ1n) is 6.23. The number of hydrogen-bond acceptors (Lipinski definition) is 3. The minimum absolute atomic E-state index is 0.0254. The highest BCUT2D eigenvalue weighted by atomic mass is 16.4. The van der Waals surface area contributed by atoms with Gasteiger partial charge >= 0.3 is 5.97 Å². The zero-order chi connectivity index (χ0) is 12.8. The van der Waals surface area contributed by atoms with Crippen LogP contribution >= 0.6 is 0 Å². The van der Waals surface area contributed by atoms with Crippen LogP contribution in [0.2, 0.25) is 0 Å². The summed E-state index contributed by atoms with van der Waals surface area (Å²) in [4.78, 5) is 22.4. The van der Waals surface area contributed by atoms with Crippen molar-refractivity contribution in [1.82, 2.24) is 10.6 Å². The molecule has 5 nitrogen and oxygen atoms in total. The van der Waals surface area contributed by atoms with Crippen LogP contribution in [0.4, 0.5) is 0 Å². The minimum atomic E-state index is -0.851. The molecule has 0 saturated heterocycles. The number of rotatable bonds is 8. The average Bonchev–Trinajstić information content (AvgIpc) is 3.00. The lowest BCUT2D eigenvalue weighted by Gasteiger charge is -2.16. The Bertz CT molecular complexity index is 275. The Morgan fingerprint density at radius 2 is 2.00 bits per heavy atom. The first kappa shape index (κ1) is 14.0. The lowest BCUT2D eigenvalue weighted by molar-refractivity contribution is -0.143. The molecule has 1 fully saturated rings. The van der Waals surface area contributed by atoms with E-state index in [4.69, 9.17) is 5.11 Å². The number of hydrogen-bond donors (Lipinski definition) is 3. The second-order valence-corrected chi connectivity index (χ2v) is 4.97. The molecule has 0 radical (unpaired) electrons. The van der Waals surface area contributed by atoms with E-state index in [0.717, 1.165) is 0 Å². The van der Waals surface area contributed by atoms with Crippen molar-refractivity contribution in [3.8, 4) is 0 Å². The van der Waals surface area contributed by atoms with E-state index in [1.807, 2.05) is 13.8 Å². The largest absolute Gasteiger partial charge is 0.481 e. The minimum Gasteiger partial charge on any atom is -0.481 e. The van der Waals surface area contributed by atoms with Crippen LogP contribution in [0, 0.1) is 11.8 Å². The predicted octanol–water partition coefficient (Wildman–Crippen LogP) is 0.601. The van der Waals surface area contributed by atoms with Crippen LogP contribution in [0.15, 0.2) is 0 Å². The van der Waals surface area contributed by atoms with E-state index < -0.39 is 11.9 Å². The van der Waals surface area contributed by atoms with Gasteiger partial charge in [0.2, 0.25) is 5.91 Å². The van der Waals surface area contributed by atoms with E-state index in [-0.39, 0.29) is 18.4 Å². The molecule has 5 heteroatoms. The Labute approximate surface area is 102 Å². The molecule has 0 aromatic heterocycles. The Morgan fingerprint density at radius 3 is 2.47 bits per heavy atom. The van der Waals surface area contributed by atoms with E-state index in [1.54, 1.807) is 0 Å². The number of carboxylic acid groups (broad SMARTS) is 1. The van der Waals surface area contributed by atoms with Crippen LogP contribution in [0.25, 0.3) is 0 Å². The van der Waals surface area contributed by atoms with Crippen LogP contribution < -0.4 is 10.6 Å². The summed E-state index contributed by atoms with van der Waals surface area (Å²) in [6.07, 6.45) is 2.83. The first-order chi connectivity index (χ1) is 8.00. The van der Waals surface area contributed by atoms with Crippen LogP contribution in [0.1, 0.15) is 33.1 Å². The van der Waals surface area contributed by atoms with E-state index in [9.17, 15) is 9.59 Å². The van der Waals surface area contributed by atoms with Gasteiger partial charge in [0, 0.05) is 25.6 Å². The second kappa shape index (κ2) is 6.59. The van der Waals surface area contributed by atoms with Gasteiger partial charge in [0.25, 0.3) is 0 Å². The van der Waals surface area contributed by atoms with Crippen molar-refractivity contribution in [2.24, 2.45) is 11.8 Å². The topological polar surface area (TPSA) is 78.4 Å². The highest BCUT2D eigenvalue weighted by Crippen LogP contribution is 2.18. The molecule has 1 rings (SSSR count). The maximum absolute atomic E-state index is 11.5. The van der Waals surface area contributed by atoms with Crippen LogP contribution in [-0.2, 0) is 9.59 Å². The zero-order valence-corrected chi connectivity index (χ0v) is 10.5. The van der Waals surface area contributed by atoms with Gasteiger partial charge < -0.3 is 15.7 Å². The fourth-order valence-electron chi connectivity index (χ4n) is 1.60. The summed E-state index contributed by atoms with van der Waals surface area (Å²) in [5, 5.41) is 14.9. The average molecular weight is 242 g/mol. The molecule has 0 bridgehead atoms. The monoisotopic (exact) mass is 242 g/mol. The van der Waals surface area contributed by atoms with Crippen LogP contribution in [0.3, 0.4) is 0 Å². The molecule has 0 aromatic rings. The number of carbonyl (C=O) groups is 2. The summed E-state index contributed by atoms with van der Waals surface area (Å²) in [5.74, 6) is -1.41. The molecule has 1 saturated carbocycles. The summed E-state index contributed by atoms with van der Waals surface area (Å²) in [5.41, 5.74) is 0. The number of aliphatic carboxylic acids is 1. The summed E-state index contributed by atoms with van der Waals surface area (Å²) in [6, 6.07) is 0.602. The third-order valence-corrected chi connectivity index (χ3v) is 3.00.